The summed E-state index contributed by atoms with van der Waals surface area (Å²) in [7, 11) is 0. The monoisotopic (exact) mass is 199 g/mol. The molecule has 0 fully saturated rings. The molecule has 2 aromatic rings. The zero-order chi connectivity index (χ0) is 10.7. The first-order chi connectivity index (χ1) is 7.29. The second-order valence-electron chi connectivity index (χ2n) is 3.10. The summed E-state index contributed by atoms with van der Waals surface area (Å²) in [6.45, 7) is 1.95. The number of nitriles is 1. The van der Waals surface area contributed by atoms with E-state index in [9.17, 15) is 0 Å². The van der Waals surface area contributed by atoms with Crippen molar-refractivity contribution in [2.45, 2.75) is 6.92 Å². The van der Waals surface area contributed by atoms with Crippen LogP contribution in [0.1, 0.15) is 11.3 Å². The van der Waals surface area contributed by atoms with Gasteiger partial charge in [-0.2, -0.15) is 5.26 Å². The van der Waals surface area contributed by atoms with E-state index in [1.807, 2.05) is 37.3 Å². The van der Waals surface area contributed by atoms with Gasteiger partial charge in [0.1, 0.15) is 11.8 Å². The van der Waals surface area contributed by atoms with Crippen molar-refractivity contribution >= 4 is 0 Å². The van der Waals surface area contributed by atoms with Crippen LogP contribution in [0.3, 0.4) is 0 Å². The molecule has 0 spiro atoms. The van der Waals surface area contributed by atoms with Gasteiger partial charge in [0.15, 0.2) is 0 Å². The highest BCUT2D eigenvalue weighted by Crippen LogP contribution is 2.25. The number of benzene rings is 1. The first-order valence-corrected chi connectivity index (χ1v) is 4.53. The molecule has 3 nitrogen and oxygen atoms in total. The summed E-state index contributed by atoms with van der Waals surface area (Å²) in [5.74, 6) is 1.32. The molecule has 1 aromatic heterocycles. The molecule has 15 heavy (non-hydrogen) atoms. The van der Waals surface area contributed by atoms with E-state index in [1.54, 1.807) is 12.1 Å². The Balaban J connectivity index is 2.23. The summed E-state index contributed by atoms with van der Waals surface area (Å²) >= 11 is 0. The van der Waals surface area contributed by atoms with E-state index in [4.69, 9.17) is 14.4 Å². The number of hydrogen-bond donors (Lipinski definition) is 0. The van der Waals surface area contributed by atoms with Crippen molar-refractivity contribution in [3.63, 3.8) is 0 Å². The third-order valence-electron chi connectivity index (χ3n) is 2.00. The van der Waals surface area contributed by atoms with Crippen LogP contribution < -0.4 is 4.74 Å². The molecule has 0 N–H and O–H groups in total. The Kier molecular flexibility index (Phi) is 2.42. The fourth-order valence-corrected chi connectivity index (χ4v) is 1.21. The Labute approximate surface area is 87.5 Å². The highest BCUT2D eigenvalue weighted by atomic mass is 16.6. The lowest BCUT2D eigenvalue weighted by molar-refractivity contribution is 0.341. The highest BCUT2D eigenvalue weighted by molar-refractivity contribution is 5.35. The van der Waals surface area contributed by atoms with E-state index < -0.39 is 0 Å². The van der Waals surface area contributed by atoms with Gasteiger partial charge < -0.3 is 9.15 Å². The van der Waals surface area contributed by atoms with Crippen molar-refractivity contribution in [1.29, 1.82) is 5.26 Å². The molecular weight excluding hydrogens is 190 g/mol. The Morgan fingerprint density at radius 2 is 2.00 bits per heavy atom. The predicted molar refractivity (Wildman–Crippen MR) is 54.7 cm³/mol. The number of ether oxygens (including phenoxy) is 1. The Morgan fingerprint density at radius 3 is 2.67 bits per heavy atom. The first-order valence-electron chi connectivity index (χ1n) is 4.53. The van der Waals surface area contributed by atoms with Crippen LogP contribution in [0.2, 0.25) is 0 Å². The molecule has 0 aliphatic rings. The summed E-state index contributed by atoms with van der Waals surface area (Å²) in [4.78, 5) is 0. The van der Waals surface area contributed by atoms with Gasteiger partial charge in [-0.25, -0.2) is 0 Å². The van der Waals surface area contributed by atoms with Crippen LogP contribution in [0, 0.1) is 18.3 Å². The minimum absolute atomic E-state index is 0.249. The maximum atomic E-state index is 8.57. The lowest BCUT2D eigenvalue weighted by Crippen LogP contribution is -1.84. The number of nitrogens with zero attached hydrogens (tertiary/aromatic N) is 1. The van der Waals surface area contributed by atoms with Crippen LogP contribution in [0.4, 0.5) is 0 Å². The Hall–Kier alpha value is -2.21. The normalized spacial score (nSPS) is 9.60. The lowest BCUT2D eigenvalue weighted by atomic mass is 10.2. The van der Waals surface area contributed by atoms with Gasteiger partial charge in [0.05, 0.1) is 0 Å². The number of hydrogen-bond acceptors (Lipinski definition) is 3. The van der Waals surface area contributed by atoms with Gasteiger partial charge in [0.2, 0.25) is 5.76 Å². The molecule has 0 saturated carbocycles. The van der Waals surface area contributed by atoms with Crippen molar-refractivity contribution in [1.82, 2.24) is 0 Å². The van der Waals surface area contributed by atoms with Gasteiger partial charge in [-0.15, -0.1) is 0 Å². The van der Waals surface area contributed by atoms with Crippen molar-refractivity contribution in [3.8, 4) is 17.8 Å². The molecular formula is C12H9NO2. The number of para-hydroxylation sites is 1. The average Bonchev–Trinajstić information content (AvgIpc) is 2.69. The van der Waals surface area contributed by atoms with E-state index in [0.717, 1.165) is 11.3 Å². The van der Waals surface area contributed by atoms with Crippen LogP contribution in [-0.2, 0) is 0 Å². The van der Waals surface area contributed by atoms with E-state index in [0.29, 0.717) is 5.95 Å². The SMILES string of the molecule is Cc1ccccc1Oc1ccc(C#N)o1. The standard InChI is InChI=1S/C12H9NO2/c1-9-4-2-3-5-11(9)15-12-7-6-10(8-13)14-12/h2-7H,1H3. The fourth-order valence-electron chi connectivity index (χ4n) is 1.21. The molecule has 0 unspecified atom stereocenters. The molecule has 0 aliphatic carbocycles. The zero-order valence-corrected chi connectivity index (χ0v) is 8.23. The van der Waals surface area contributed by atoms with Crippen molar-refractivity contribution < 1.29 is 9.15 Å². The Bertz CT molecular complexity index is 508. The summed E-state index contributed by atoms with van der Waals surface area (Å²) in [5, 5.41) is 8.57. The smallest absolute Gasteiger partial charge is 0.291 e. The topological polar surface area (TPSA) is 46.2 Å². The second kappa shape index (κ2) is 3.89. The molecule has 2 rings (SSSR count). The molecule has 0 atom stereocenters. The van der Waals surface area contributed by atoms with E-state index in [1.165, 1.54) is 0 Å². The van der Waals surface area contributed by atoms with Gasteiger partial charge in [-0.1, -0.05) is 18.2 Å². The van der Waals surface area contributed by atoms with Crippen molar-refractivity contribution in [2.75, 3.05) is 0 Å². The molecule has 0 radical (unpaired) electrons. The first kappa shape index (κ1) is 9.35. The molecule has 1 heterocycles. The van der Waals surface area contributed by atoms with Crippen molar-refractivity contribution in [3.05, 3.63) is 47.7 Å². The largest absolute Gasteiger partial charge is 0.426 e. The van der Waals surface area contributed by atoms with E-state index >= 15 is 0 Å². The summed E-state index contributed by atoms with van der Waals surface area (Å²) in [5.41, 5.74) is 1.02. The highest BCUT2D eigenvalue weighted by Gasteiger charge is 2.04. The summed E-state index contributed by atoms with van der Waals surface area (Å²) in [6.07, 6.45) is 0. The minimum Gasteiger partial charge on any atom is -0.426 e. The quantitative estimate of drug-likeness (QED) is 0.745. The number of rotatable bonds is 2. The molecule has 0 amide bonds. The third kappa shape index (κ3) is 2.00. The zero-order valence-electron chi connectivity index (χ0n) is 8.23. The minimum atomic E-state index is 0.249. The van der Waals surface area contributed by atoms with Gasteiger partial charge in [0.25, 0.3) is 5.95 Å². The van der Waals surface area contributed by atoms with Crippen LogP contribution in [0.15, 0.2) is 40.8 Å². The summed E-state index contributed by atoms with van der Waals surface area (Å²) in [6, 6.07) is 12.7. The molecule has 0 aliphatic heterocycles. The molecule has 74 valence electrons. The van der Waals surface area contributed by atoms with Crippen LogP contribution in [-0.4, -0.2) is 0 Å². The van der Waals surface area contributed by atoms with Gasteiger partial charge in [0, 0.05) is 6.07 Å². The maximum absolute atomic E-state index is 8.57. The van der Waals surface area contributed by atoms with Crippen LogP contribution in [0.5, 0.6) is 11.7 Å². The van der Waals surface area contributed by atoms with Crippen LogP contribution >= 0.6 is 0 Å². The van der Waals surface area contributed by atoms with Gasteiger partial charge in [-0.05, 0) is 24.6 Å². The molecule has 3 heteroatoms. The average molecular weight is 199 g/mol. The van der Waals surface area contributed by atoms with Crippen LogP contribution in [0.25, 0.3) is 0 Å². The maximum Gasteiger partial charge on any atom is 0.291 e. The fraction of sp³-hybridized carbons (Fsp3) is 0.0833. The van der Waals surface area contributed by atoms with E-state index in [-0.39, 0.29) is 5.76 Å². The van der Waals surface area contributed by atoms with E-state index in [2.05, 4.69) is 0 Å². The second-order valence-corrected chi connectivity index (χ2v) is 3.10. The Morgan fingerprint density at radius 1 is 1.20 bits per heavy atom. The number of furan rings is 1. The van der Waals surface area contributed by atoms with Gasteiger partial charge in [-0.3, -0.25) is 0 Å². The number of aryl methyl sites for hydroxylation is 1. The van der Waals surface area contributed by atoms with Gasteiger partial charge >= 0.3 is 0 Å². The third-order valence-corrected chi connectivity index (χ3v) is 2.00. The lowest BCUT2D eigenvalue weighted by Gasteiger charge is -2.04. The molecule has 0 saturated heterocycles. The molecule has 1 aromatic carbocycles. The van der Waals surface area contributed by atoms with Crippen molar-refractivity contribution in [2.24, 2.45) is 0 Å². The molecule has 0 bridgehead atoms. The predicted octanol–water partition coefficient (Wildman–Crippen LogP) is 3.25. The summed E-state index contributed by atoms with van der Waals surface area (Å²) < 4.78 is 10.6.